The summed E-state index contributed by atoms with van der Waals surface area (Å²) in [5, 5.41) is 4.72. The first-order valence-electron chi connectivity index (χ1n) is 5.58. The molecule has 1 fully saturated rings. The maximum Gasteiger partial charge on any atom is 0.137 e. The molecule has 0 amide bonds. The molecule has 3 rings (SSSR count). The van der Waals surface area contributed by atoms with Crippen molar-refractivity contribution < 1.29 is 0 Å². The van der Waals surface area contributed by atoms with Crippen LogP contribution in [-0.2, 0) is 6.42 Å². The van der Waals surface area contributed by atoms with E-state index in [4.69, 9.17) is 0 Å². The number of H-pyrrole nitrogens is 1. The van der Waals surface area contributed by atoms with E-state index in [9.17, 15) is 0 Å². The Hall–Kier alpha value is -1.35. The average molecular weight is 201 g/mol. The summed E-state index contributed by atoms with van der Waals surface area (Å²) in [6, 6.07) is 6.94. The van der Waals surface area contributed by atoms with E-state index in [0.29, 0.717) is 6.04 Å². The molecule has 0 aromatic carbocycles. The lowest BCUT2D eigenvalue weighted by Crippen LogP contribution is -2.23. The molecule has 3 nitrogen and oxygen atoms in total. The molecule has 1 aliphatic rings. The van der Waals surface area contributed by atoms with Gasteiger partial charge in [-0.15, -0.1) is 0 Å². The molecule has 3 heteroatoms. The van der Waals surface area contributed by atoms with Gasteiger partial charge in [-0.1, -0.05) is 0 Å². The van der Waals surface area contributed by atoms with Crippen LogP contribution in [0.5, 0.6) is 0 Å². The Bertz CT molecular complexity index is 422. The van der Waals surface area contributed by atoms with Crippen LogP contribution in [0.15, 0.2) is 24.4 Å². The molecule has 1 aliphatic heterocycles. The highest BCUT2D eigenvalue weighted by Crippen LogP contribution is 2.16. The molecule has 0 aliphatic carbocycles. The van der Waals surface area contributed by atoms with Crippen LogP contribution in [0.3, 0.4) is 0 Å². The lowest BCUT2D eigenvalue weighted by molar-refractivity contribution is 0.597. The molecule has 0 spiro atoms. The van der Waals surface area contributed by atoms with Crippen molar-refractivity contribution in [2.75, 3.05) is 6.54 Å². The van der Waals surface area contributed by atoms with Gasteiger partial charge in [-0.25, -0.2) is 4.98 Å². The van der Waals surface area contributed by atoms with E-state index in [-0.39, 0.29) is 0 Å². The van der Waals surface area contributed by atoms with Gasteiger partial charge < -0.3 is 10.3 Å². The van der Waals surface area contributed by atoms with Crippen LogP contribution in [0.1, 0.15) is 18.5 Å². The van der Waals surface area contributed by atoms with Crippen molar-refractivity contribution in [3.05, 3.63) is 30.1 Å². The zero-order valence-corrected chi connectivity index (χ0v) is 8.66. The highest BCUT2D eigenvalue weighted by atomic mass is 14.9. The van der Waals surface area contributed by atoms with E-state index in [1.54, 1.807) is 0 Å². The first-order valence-corrected chi connectivity index (χ1v) is 5.58. The Morgan fingerprint density at radius 1 is 1.47 bits per heavy atom. The van der Waals surface area contributed by atoms with Crippen molar-refractivity contribution in [2.45, 2.75) is 25.3 Å². The van der Waals surface area contributed by atoms with Gasteiger partial charge in [-0.05, 0) is 37.6 Å². The van der Waals surface area contributed by atoms with E-state index in [2.05, 4.69) is 27.4 Å². The molecule has 1 atom stereocenters. The van der Waals surface area contributed by atoms with E-state index in [0.717, 1.165) is 12.1 Å². The van der Waals surface area contributed by atoms with Crippen molar-refractivity contribution in [3.8, 4) is 0 Å². The van der Waals surface area contributed by atoms with Crippen LogP contribution in [0.25, 0.3) is 11.0 Å². The van der Waals surface area contributed by atoms with Gasteiger partial charge in [0.25, 0.3) is 0 Å². The smallest absolute Gasteiger partial charge is 0.137 e. The number of nitrogens with one attached hydrogen (secondary N) is 2. The van der Waals surface area contributed by atoms with Gasteiger partial charge in [0.2, 0.25) is 0 Å². The van der Waals surface area contributed by atoms with Crippen molar-refractivity contribution in [2.24, 2.45) is 0 Å². The Morgan fingerprint density at radius 3 is 3.27 bits per heavy atom. The fraction of sp³-hybridized carbons (Fsp3) is 0.417. The second-order valence-electron chi connectivity index (χ2n) is 4.23. The minimum atomic E-state index is 0.651. The lowest BCUT2D eigenvalue weighted by Gasteiger charge is -2.07. The fourth-order valence-corrected chi connectivity index (χ4v) is 2.32. The summed E-state index contributed by atoms with van der Waals surface area (Å²) < 4.78 is 0. The zero-order chi connectivity index (χ0) is 10.1. The van der Waals surface area contributed by atoms with E-state index in [1.807, 2.05) is 12.3 Å². The zero-order valence-electron chi connectivity index (χ0n) is 8.66. The standard InChI is InChI=1S/C12H15N3/c1-3-9-7-11(15-12(9)14-6-1)8-10-4-2-5-13-10/h1,3,6-7,10,13H,2,4-5,8H2,(H,14,15)/t10-/m0/s1. The molecule has 2 aromatic heterocycles. The van der Waals surface area contributed by atoms with Crippen LogP contribution < -0.4 is 5.32 Å². The Labute approximate surface area is 88.9 Å². The quantitative estimate of drug-likeness (QED) is 0.778. The fourth-order valence-electron chi connectivity index (χ4n) is 2.32. The van der Waals surface area contributed by atoms with E-state index < -0.39 is 0 Å². The Morgan fingerprint density at radius 2 is 2.47 bits per heavy atom. The normalized spacial score (nSPS) is 21.2. The predicted octanol–water partition coefficient (Wildman–Crippen LogP) is 1.86. The van der Waals surface area contributed by atoms with Gasteiger partial charge in [0.1, 0.15) is 5.65 Å². The molecule has 2 aromatic rings. The second kappa shape index (κ2) is 3.66. The molecule has 0 unspecified atom stereocenters. The summed E-state index contributed by atoms with van der Waals surface area (Å²) in [5.41, 5.74) is 2.30. The minimum Gasteiger partial charge on any atom is -0.343 e. The molecule has 1 saturated heterocycles. The Kier molecular flexibility index (Phi) is 2.18. The third kappa shape index (κ3) is 1.75. The minimum absolute atomic E-state index is 0.651. The van der Waals surface area contributed by atoms with Crippen LogP contribution >= 0.6 is 0 Å². The number of hydrogen-bond donors (Lipinski definition) is 2. The molecule has 3 heterocycles. The summed E-state index contributed by atoms with van der Waals surface area (Å²) >= 11 is 0. The number of fused-ring (bicyclic) bond motifs is 1. The van der Waals surface area contributed by atoms with Crippen LogP contribution in [0.2, 0.25) is 0 Å². The highest BCUT2D eigenvalue weighted by molar-refractivity contribution is 5.76. The first kappa shape index (κ1) is 8.92. The second-order valence-corrected chi connectivity index (χ2v) is 4.23. The summed E-state index contributed by atoms with van der Waals surface area (Å²) in [4.78, 5) is 7.67. The van der Waals surface area contributed by atoms with Crippen LogP contribution in [0.4, 0.5) is 0 Å². The molecule has 0 radical (unpaired) electrons. The average Bonchev–Trinajstić information content (AvgIpc) is 2.86. The maximum absolute atomic E-state index is 4.30. The molecule has 15 heavy (non-hydrogen) atoms. The number of hydrogen-bond acceptors (Lipinski definition) is 2. The van der Waals surface area contributed by atoms with Crippen molar-refractivity contribution in [1.82, 2.24) is 15.3 Å². The number of pyridine rings is 1. The molecular formula is C12H15N3. The van der Waals surface area contributed by atoms with Crippen LogP contribution in [0, 0.1) is 0 Å². The third-order valence-corrected chi connectivity index (χ3v) is 3.08. The molecular weight excluding hydrogens is 186 g/mol. The molecule has 2 N–H and O–H groups in total. The van der Waals surface area contributed by atoms with E-state index in [1.165, 1.54) is 30.5 Å². The summed E-state index contributed by atoms with van der Waals surface area (Å²) in [5.74, 6) is 0. The van der Waals surface area contributed by atoms with Crippen molar-refractivity contribution in [3.63, 3.8) is 0 Å². The van der Waals surface area contributed by atoms with Gasteiger partial charge in [-0.3, -0.25) is 0 Å². The van der Waals surface area contributed by atoms with Gasteiger partial charge in [0.05, 0.1) is 0 Å². The van der Waals surface area contributed by atoms with Crippen molar-refractivity contribution in [1.29, 1.82) is 0 Å². The lowest BCUT2D eigenvalue weighted by atomic mass is 10.1. The van der Waals surface area contributed by atoms with Crippen molar-refractivity contribution >= 4 is 11.0 Å². The topological polar surface area (TPSA) is 40.7 Å². The summed E-state index contributed by atoms with van der Waals surface area (Å²) in [6.07, 6.45) is 5.53. The van der Waals surface area contributed by atoms with E-state index >= 15 is 0 Å². The molecule has 78 valence electrons. The summed E-state index contributed by atoms with van der Waals surface area (Å²) in [6.45, 7) is 1.17. The van der Waals surface area contributed by atoms with Gasteiger partial charge >= 0.3 is 0 Å². The SMILES string of the molecule is c1cnc2[nH]c(C[C@@H]3CCCN3)cc2c1. The Balaban J connectivity index is 1.84. The van der Waals surface area contributed by atoms with Gasteiger partial charge in [0.15, 0.2) is 0 Å². The first-order chi connectivity index (χ1) is 7.42. The monoisotopic (exact) mass is 201 g/mol. The molecule has 0 bridgehead atoms. The summed E-state index contributed by atoms with van der Waals surface area (Å²) in [7, 11) is 0. The number of aromatic nitrogens is 2. The molecule has 0 saturated carbocycles. The van der Waals surface area contributed by atoms with Gasteiger partial charge in [-0.2, -0.15) is 0 Å². The highest BCUT2D eigenvalue weighted by Gasteiger charge is 2.15. The number of aromatic amines is 1. The number of nitrogens with zero attached hydrogens (tertiary/aromatic N) is 1. The number of rotatable bonds is 2. The maximum atomic E-state index is 4.30. The van der Waals surface area contributed by atoms with Gasteiger partial charge in [0, 0.05) is 29.7 Å². The largest absolute Gasteiger partial charge is 0.343 e. The van der Waals surface area contributed by atoms with Crippen LogP contribution in [-0.4, -0.2) is 22.6 Å². The third-order valence-electron chi connectivity index (χ3n) is 3.08. The predicted molar refractivity (Wildman–Crippen MR) is 60.8 cm³/mol.